The number of nitrogens with one attached hydrogen (secondary N) is 1. The highest BCUT2D eigenvalue weighted by molar-refractivity contribution is 6.30. The van der Waals surface area contributed by atoms with Crippen LogP contribution in [-0.4, -0.2) is 52.9 Å². The lowest BCUT2D eigenvalue weighted by molar-refractivity contribution is -0.0628. The molecule has 0 spiro atoms. The van der Waals surface area contributed by atoms with Crippen LogP contribution in [-0.2, 0) is 6.42 Å². The maximum absolute atomic E-state index is 12.8. The molecule has 0 fully saturated rings. The Labute approximate surface area is 127 Å². The standard InChI is InChI=1S/C15H19ClFNO3/c16-11-3-1-2-9(6-11)4-5-18-12-7-10(8-17)13(19)15(21)14(12)20/h1-3,6-7,12-15,18-21H,4-5,8H2/t12-,13+,14+,15+/m1/s1. The third-order valence-corrected chi connectivity index (χ3v) is 3.89. The highest BCUT2D eigenvalue weighted by Crippen LogP contribution is 2.21. The van der Waals surface area contributed by atoms with Crippen molar-refractivity contribution >= 4 is 11.6 Å². The summed E-state index contributed by atoms with van der Waals surface area (Å²) in [6.07, 6.45) is -1.78. The number of hydrogen-bond donors (Lipinski definition) is 4. The first kappa shape index (κ1) is 16.4. The van der Waals surface area contributed by atoms with Crippen LogP contribution in [0.4, 0.5) is 4.39 Å². The van der Waals surface area contributed by atoms with E-state index in [1.807, 2.05) is 18.2 Å². The van der Waals surface area contributed by atoms with Gasteiger partial charge in [-0.25, -0.2) is 4.39 Å². The normalized spacial score (nSPS) is 29.3. The predicted molar refractivity (Wildman–Crippen MR) is 79.0 cm³/mol. The van der Waals surface area contributed by atoms with Crippen LogP contribution >= 0.6 is 11.6 Å². The van der Waals surface area contributed by atoms with Crippen molar-refractivity contribution < 1.29 is 19.7 Å². The third-order valence-electron chi connectivity index (χ3n) is 3.65. The monoisotopic (exact) mass is 315 g/mol. The van der Waals surface area contributed by atoms with Gasteiger partial charge in [0.25, 0.3) is 0 Å². The number of benzene rings is 1. The number of hydrogen-bond acceptors (Lipinski definition) is 4. The Bertz CT molecular complexity index is 511. The largest absolute Gasteiger partial charge is 0.388 e. The molecule has 0 radical (unpaired) electrons. The maximum Gasteiger partial charge on any atom is 0.113 e. The molecule has 21 heavy (non-hydrogen) atoms. The number of aliphatic hydroxyl groups excluding tert-OH is 3. The van der Waals surface area contributed by atoms with Crippen molar-refractivity contribution in [1.29, 1.82) is 0 Å². The van der Waals surface area contributed by atoms with E-state index >= 15 is 0 Å². The molecule has 2 rings (SSSR count). The van der Waals surface area contributed by atoms with Crippen LogP contribution in [0.3, 0.4) is 0 Å². The Kier molecular flexibility index (Phi) is 5.72. The number of rotatable bonds is 5. The van der Waals surface area contributed by atoms with Gasteiger partial charge in [-0.15, -0.1) is 0 Å². The third kappa shape index (κ3) is 4.02. The van der Waals surface area contributed by atoms with E-state index in [1.165, 1.54) is 6.08 Å². The lowest BCUT2D eigenvalue weighted by Crippen LogP contribution is -2.54. The van der Waals surface area contributed by atoms with Crippen molar-refractivity contribution in [2.24, 2.45) is 0 Å². The Balaban J connectivity index is 1.94. The van der Waals surface area contributed by atoms with Crippen molar-refractivity contribution in [2.45, 2.75) is 30.8 Å². The molecule has 1 aromatic rings. The summed E-state index contributed by atoms with van der Waals surface area (Å²) in [6, 6.07) is 6.84. The molecular formula is C15H19ClFNO3. The fourth-order valence-corrected chi connectivity index (χ4v) is 2.64. The molecule has 4 atom stereocenters. The van der Waals surface area contributed by atoms with Crippen LogP contribution < -0.4 is 5.32 Å². The highest BCUT2D eigenvalue weighted by Gasteiger charge is 2.36. The average molecular weight is 316 g/mol. The Morgan fingerprint density at radius 3 is 2.62 bits per heavy atom. The number of aliphatic hydroxyl groups is 3. The van der Waals surface area contributed by atoms with E-state index in [1.54, 1.807) is 6.07 Å². The summed E-state index contributed by atoms with van der Waals surface area (Å²) in [7, 11) is 0. The molecule has 4 N–H and O–H groups in total. The van der Waals surface area contributed by atoms with Gasteiger partial charge in [-0.1, -0.05) is 29.8 Å². The molecule has 0 unspecified atom stereocenters. The van der Waals surface area contributed by atoms with E-state index in [0.29, 0.717) is 18.0 Å². The predicted octanol–water partition coefficient (Wildman–Crippen LogP) is 0.833. The average Bonchev–Trinajstić information content (AvgIpc) is 2.47. The van der Waals surface area contributed by atoms with Gasteiger partial charge in [-0.05, 0) is 36.2 Å². The van der Waals surface area contributed by atoms with E-state index in [0.717, 1.165) is 5.56 Å². The maximum atomic E-state index is 12.8. The molecule has 0 aliphatic heterocycles. The topological polar surface area (TPSA) is 72.7 Å². The quantitative estimate of drug-likeness (QED) is 0.608. The van der Waals surface area contributed by atoms with E-state index in [2.05, 4.69) is 5.32 Å². The summed E-state index contributed by atoms with van der Waals surface area (Å²) in [5.41, 5.74) is 1.13. The highest BCUT2D eigenvalue weighted by atomic mass is 35.5. The molecule has 0 aromatic heterocycles. The molecule has 1 aliphatic carbocycles. The molecule has 0 bridgehead atoms. The van der Waals surface area contributed by atoms with Gasteiger partial charge in [0.2, 0.25) is 0 Å². The zero-order valence-electron chi connectivity index (χ0n) is 11.4. The molecule has 0 amide bonds. The molecular weight excluding hydrogens is 297 g/mol. The fourth-order valence-electron chi connectivity index (χ4n) is 2.43. The summed E-state index contributed by atoms with van der Waals surface area (Å²) in [4.78, 5) is 0. The summed E-state index contributed by atoms with van der Waals surface area (Å²) in [5.74, 6) is 0. The molecule has 1 aromatic carbocycles. The second-order valence-electron chi connectivity index (χ2n) is 5.16. The summed E-state index contributed by atoms with van der Waals surface area (Å²) < 4.78 is 12.8. The Morgan fingerprint density at radius 1 is 1.19 bits per heavy atom. The van der Waals surface area contributed by atoms with Gasteiger partial charge in [0.05, 0.1) is 6.04 Å². The number of alkyl halides is 1. The van der Waals surface area contributed by atoms with Crippen molar-refractivity contribution in [3.63, 3.8) is 0 Å². The van der Waals surface area contributed by atoms with Gasteiger partial charge in [0.15, 0.2) is 0 Å². The SMILES string of the molecule is O[C@@H]1[C@@H](O)[C@@H](O)C(CF)=C[C@H]1NCCc1cccc(Cl)c1. The number of halogens is 2. The molecule has 6 heteroatoms. The molecule has 0 saturated carbocycles. The zero-order valence-corrected chi connectivity index (χ0v) is 12.2. The summed E-state index contributed by atoms with van der Waals surface area (Å²) >= 11 is 5.90. The van der Waals surface area contributed by atoms with Gasteiger partial charge >= 0.3 is 0 Å². The summed E-state index contributed by atoms with van der Waals surface area (Å²) in [5, 5.41) is 32.9. The zero-order chi connectivity index (χ0) is 15.4. The minimum absolute atomic E-state index is 0.0908. The van der Waals surface area contributed by atoms with Gasteiger partial charge in [0.1, 0.15) is 25.0 Å². The minimum Gasteiger partial charge on any atom is -0.388 e. The van der Waals surface area contributed by atoms with Crippen molar-refractivity contribution in [3.8, 4) is 0 Å². The second-order valence-corrected chi connectivity index (χ2v) is 5.60. The van der Waals surface area contributed by atoms with E-state index < -0.39 is 31.0 Å². The molecule has 116 valence electrons. The van der Waals surface area contributed by atoms with Gasteiger partial charge in [0, 0.05) is 5.02 Å². The van der Waals surface area contributed by atoms with Crippen LogP contribution in [0.1, 0.15) is 5.56 Å². The van der Waals surface area contributed by atoms with Crippen molar-refractivity contribution in [1.82, 2.24) is 5.32 Å². The van der Waals surface area contributed by atoms with Crippen LogP contribution in [0.2, 0.25) is 5.02 Å². The van der Waals surface area contributed by atoms with Crippen LogP contribution in [0, 0.1) is 0 Å². The van der Waals surface area contributed by atoms with Crippen molar-refractivity contribution in [2.75, 3.05) is 13.2 Å². The molecule has 4 nitrogen and oxygen atoms in total. The lowest BCUT2D eigenvalue weighted by Gasteiger charge is -2.34. The first-order chi connectivity index (χ1) is 10.0. The van der Waals surface area contributed by atoms with Crippen LogP contribution in [0.25, 0.3) is 0 Å². The first-order valence-corrected chi connectivity index (χ1v) is 7.19. The fraction of sp³-hybridized carbons (Fsp3) is 0.467. The van der Waals surface area contributed by atoms with Gasteiger partial charge < -0.3 is 20.6 Å². The van der Waals surface area contributed by atoms with Crippen LogP contribution in [0.5, 0.6) is 0 Å². The van der Waals surface area contributed by atoms with Crippen LogP contribution in [0.15, 0.2) is 35.9 Å². The smallest absolute Gasteiger partial charge is 0.113 e. The Morgan fingerprint density at radius 2 is 1.95 bits per heavy atom. The first-order valence-electron chi connectivity index (χ1n) is 6.81. The van der Waals surface area contributed by atoms with Gasteiger partial charge in [-0.3, -0.25) is 0 Å². The second kappa shape index (κ2) is 7.33. The lowest BCUT2D eigenvalue weighted by atomic mass is 9.88. The van der Waals surface area contributed by atoms with Gasteiger partial charge in [-0.2, -0.15) is 0 Å². The van der Waals surface area contributed by atoms with E-state index in [4.69, 9.17) is 11.6 Å². The minimum atomic E-state index is -1.38. The summed E-state index contributed by atoms with van der Waals surface area (Å²) in [6.45, 7) is -0.321. The molecule has 1 aliphatic rings. The Hall–Kier alpha value is -0.980. The molecule has 0 heterocycles. The van der Waals surface area contributed by atoms with E-state index in [-0.39, 0.29) is 5.57 Å². The van der Waals surface area contributed by atoms with Crippen molar-refractivity contribution in [3.05, 3.63) is 46.5 Å². The van der Waals surface area contributed by atoms with E-state index in [9.17, 15) is 19.7 Å². The molecule has 0 saturated heterocycles.